The first-order chi connectivity index (χ1) is 12.5. The molecule has 2 N–H and O–H groups in total. The van der Waals surface area contributed by atoms with E-state index in [0.717, 1.165) is 20.9 Å². The fraction of sp³-hybridized carbons (Fsp3) is 0.0526. The van der Waals surface area contributed by atoms with Gasteiger partial charge in [0.2, 0.25) is 0 Å². The third-order valence-corrected chi connectivity index (χ3v) is 4.96. The second-order valence-electron chi connectivity index (χ2n) is 5.41. The van der Waals surface area contributed by atoms with Crippen LogP contribution in [0.5, 0.6) is 5.75 Å². The number of nitrogens with one attached hydrogen (secondary N) is 2. The van der Waals surface area contributed by atoms with Crippen molar-refractivity contribution in [3.05, 3.63) is 69.7 Å². The van der Waals surface area contributed by atoms with E-state index in [0.29, 0.717) is 16.3 Å². The van der Waals surface area contributed by atoms with Gasteiger partial charge in [0, 0.05) is 10.7 Å². The quantitative estimate of drug-likeness (QED) is 0.526. The summed E-state index contributed by atoms with van der Waals surface area (Å²) >= 11 is 14.6. The Bertz CT molecular complexity index is 993. The molecule has 0 aliphatic rings. The number of halogens is 2. The Morgan fingerprint density at radius 1 is 1.15 bits per heavy atom. The Kier molecular flexibility index (Phi) is 5.76. The van der Waals surface area contributed by atoms with Crippen LogP contribution in [0.1, 0.15) is 10.4 Å². The number of thiocarbonyl (C=S) groups is 1. The summed E-state index contributed by atoms with van der Waals surface area (Å²) in [6.45, 7) is 0. The third kappa shape index (κ3) is 3.98. The highest BCUT2D eigenvalue weighted by molar-refractivity contribution is 9.10. The molecule has 0 fully saturated rings. The predicted octanol–water partition coefficient (Wildman–Crippen LogP) is 5.39. The molecule has 132 valence electrons. The van der Waals surface area contributed by atoms with Crippen LogP contribution in [0.15, 0.2) is 59.1 Å². The topological polar surface area (TPSA) is 50.4 Å². The fourth-order valence-corrected chi connectivity index (χ4v) is 3.59. The normalized spacial score (nSPS) is 10.4. The van der Waals surface area contributed by atoms with E-state index in [1.54, 1.807) is 30.3 Å². The maximum atomic E-state index is 12.7. The molecule has 0 aliphatic carbocycles. The summed E-state index contributed by atoms with van der Waals surface area (Å²) in [5, 5.41) is 8.31. The molecule has 0 heterocycles. The third-order valence-electron chi connectivity index (χ3n) is 3.72. The molecule has 0 saturated heterocycles. The Morgan fingerprint density at radius 3 is 2.54 bits per heavy atom. The van der Waals surface area contributed by atoms with Crippen LogP contribution in [0.25, 0.3) is 10.8 Å². The Morgan fingerprint density at radius 2 is 1.85 bits per heavy atom. The Hall–Kier alpha value is -2.15. The molecule has 7 heteroatoms. The van der Waals surface area contributed by atoms with Crippen molar-refractivity contribution in [1.29, 1.82) is 0 Å². The van der Waals surface area contributed by atoms with E-state index in [2.05, 4.69) is 26.6 Å². The largest absolute Gasteiger partial charge is 0.495 e. The van der Waals surface area contributed by atoms with Crippen LogP contribution in [-0.4, -0.2) is 18.1 Å². The lowest BCUT2D eigenvalue weighted by Gasteiger charge is -2.14. The first-order valence-corrected chi connectivity index (χ1v) is 9.20. The van der Waals surface area contributed by atoms with Gasteiger partial charge in [0.25, 0.3) is 5.91 Å². The van der Waals surface area contributed by atoms with Crippen molar-refractivity contribution in [2.45, 2.75) is 0 Å². The highest BCUT2D eigenvalue weighted by Gasteiger charge is 2.19. The van der Waals surface area contributed by atoms with Crippen molar-refractivity contribution in [1.82, 2.24) is 5.32 Å². The van der Waals surface area contributed by atoms with Crippen LogP contribution < -0.4 is 15.4 Å². The summed E-state index contributed by atoms with van der Waals surface area (Å²) in [7, 11) is 1.52. The number of benzene rings is 3. The summed E-state index contributed by atoms with van der Waals surface area (Å²) in [5.74, 6) is 0.0928. The molecule has 0 aromatic heterocycles. The molecule has 0 spiro atoms. The standard InChI is InChI=1S/C19H14BrClN2O2S/c1-25-17-15(10-11-4-2-3-5-14(11)16(17)20)18(24)23-19(26)22-13-8-6-12(21)7-9-13/h2-10H,1H3,(H2,22,23,24,26). The molecule has 4 nitrogen and oxygen atoms in total. The smallest absolute Gasteiger partial charge is 0.261 e. The molecule has 26 heavy (non-hydrogen) atoms. The minimum Gasteiger partial charge on any atom is -0.495 e. The van der Waals surface area contributed by atoms with Crippen LogP contribution in [-0.2, 0) is 0 Å². The number of anilines is 1. The van der Waals surface area contributed by atoms with Crippen molar-refractivity contribution >= 4 is 67.2 Å². The minimum atomic E-state index is -0.361. The SMILES string of the molecule is COc1c(C(=O)NC(=S)Nc2ccc(Cl)cc2)cc2ccccc2c1Br. The molecule has 0 radical (unpaired) electrons. The Labute approximate surface area is 169 Å². The molecular weight excluding hydrogens is 436 g/mol. The van der Waals surface area contributed by atoms with Crippen molar-refractivity contribution in [3.63, 3.8) is 0 Å². The summed E-state index contributed by atoms with van der Waals surface area (Å²) < 4.78 is 6.15. The predicted molar refractivity (Wildman–Crippen MR) is 113 cm³/mol. The second kappa shape index (κ2) is 8.03. The molecule has 1 amide bonds. The summed E-state index contributed by atoms with van der Waals surface area (Å²) in [6.07, 6.45) is 0. The average Bonchev–Trinajstić information content (AvgIpc) is 2.63. The molecule has 0 saturated carbocycles. The zero-order chi connectivity index (χ0) is 18.7. The van der Waals surface area contributed by atoms with Gasteiger partial charge in [-0.05, 0) is 69.3 Å². The number of fused-ring (bicyclic) bond motifs is 1. The van der Waals surface area contributed by atoms with Gasteiger partial charge in [-0.1, -0.05) is 35.9 Å². The monoisotopic (exact) mass is 448 g/mol. The van der Waals surface area contributed by atoms with E-state index in [-0.39, 0.29) is 11.0 Å². The molecule has 0 unspecified atom stereocenters. The van der Waals surface area contributed by atoms with E-state index in [1.807, 2.05) is 24.3 Å². The van der Waals surface area contributed by atoms with Crippen LogP contribution in [0.4, 0.5) is 5.69 Å². The molecule has 3 aromatic carbocycles. The first kappa shape index (κ1) is 18.6. The van der Waals surface area contributed by atoms with Gasteiger partial charge in [-0.3, -0.25) is 10.1 Å². The summed E-state index contributed by atoms with van der Waals surface area (Å²) in [4.78, 5) is 12.7. The van der Waals surface area contributed by atoms with Gasteiger partial charge in [-0.25, -0.2) is 0 Å². The van der Waals surface area contributed by atoms with Gasteiger partial charge in [0.05, 0.1) is 17.1 Å². The van der Waals surface area contributed by atoms with E-state index in [4.69, 9.17) is 28.6 Å². The Balaban J connectivity index is 1.85. The molecule has 3 aromatic rings. The van der Waals surface area contributed by atoms with Crippen LogP contribution in [0.2, 0.25) is 5.02 Å². The molecule has 0 aliphatic heterocycles. The van der Waals surface area contributed by atoms with Crippen molar-refractivity contribution < 1.29 is 9.53 Å². The zero-order valence-corrected chi connectivity index (χ0v) is 16.8. The van der Waals surface area contributed by atoms with Crippen molar-refractivity contribution in [2.75, 3.05) is 12.4 Å². The van der Waals surface area contributed by atoms with Gasteiger partial charge in [-0.15, -0.1) is 0 Å². The number of methoxy groups -OCH3 is 1. The highest BCUT2D eigenvalue weighted by Crippen LogP contribution is 2.36. The number of ether oxygens (including phenoxy) is 1. The highest BCUT2D eigenvalue weighted by atomic mass is 79.9. The first-order valence-electron chi connectivity index (χ1n) is 7.62. The van der Waals surface area contributed by atoms with Gasteiger partial charge >= 0.3 is 0 Å². The van der Waals surface area contributed by atoms with Gasteiger partial charge in [0.15, 0.2) is 5.11 Å². The number of amides is 1. The van der Waals surface area contributed by atoms with E-state index >= 15 is 0 Å². The van der Waals surface area contributed by atoms with Crippen LogP contribution in [0, 0.1) is 0 Å². The summed E-state index contributed by atoms with van der Waals surface area (Å²) in [5.41, 5.74) is 1.12. The van der Waals surface area contributed by atoms with Gasteiger partial charge in [0.1, 0.15) is 5.75 Å². The summed E-state index contributed by atoms with van der Waals surface area (Å²) in [6, 6.07) is 16.5. The lowest BCUT2D eigenvalue weighted by molar-refractivity contribution is 0.0975. The molecule has 0 bridgehead atoms. The van der Waals surface area contributed by atoms with Crippen molar-refractivity contribution in [3.8, 4) is 5.75 Å². The van der Waals surface area contributed by atoms with Gasteiger partial charge in [-0.2, -0.15) is 0 Å². The molecular formula is C19H14BrClN2O2S. The van der Waals surface area contributed by atoms with Gasteiger partial charge < -0.3 is 10.1 Å². The van der Waals surface area contributed by atoms with E-state index in [1.165, 1.54) is 7.11 Å². The number of hydrogen-bond donors (Lipinski definition) is 2. The zero-order valence-electron chi connectivity index (χ0n) is 13.7. The molecule has 3 rings (SSSR count). The van der Waals surface area contributed by atoms with E-state index in [9.17, 15) is 4.79 Å². The molecule has 0 atom stereocenters. The lowest BCUT2D eigenvalue weighted by Crippen LogP contribution is -2.34. The maximum absolute atomic E-state index is 12.7. The lowest BCUT2D eigenvalue weighted by atomic mass is 10.1. The van der Waals surface area contributed by atoms with Crippen LogP contribution in [0.3, 0.4) is 0 Å². The number of hydrogen-bond acceptors (Lipinski definition) is 3. The number of rotatable bonds is 3. The second-order valence-corrected chi connectivity index (χ2v) is 7.05. The maximum Gasteiger partial charge on any atom is 0.261 e. The van der Waals surface area contributed by atoms with E-state index < -0.39 is 0 Å². The van der Waals surface area contributed by atoms with Crippen molar-refractivity contribution in [2.24, 2.45) is 0 Å². The number of carbonyl (C=O) groups excluding carboxylic acids is 1. The fourth-order valence-electron chi connectivity index (χ4n) is 2.52. The van der Waals surface area contributed by atoms with Crippen LogP contribution >= 0.6 is 39.7 Å². The minimum absolute atomic E-state index is 0.184. The number of carbonyl (C=O) groups is 1. The average molecular weight is 450 g/mol.